The molecule has 5 nitrogen and oxygen atoms in total. The highest BCUT2D eigenvalue weighted by Crippen LogP contribution is 2.35. The van der Waals surface area contributed by atoms with Crippen molar-refractivity contribution in [1.29, 1.82) is 5.26 Å². The quantitative estimate of drug-likeness (QED) is 0.365. The maximum Gasteiger partial charge on any atom is 0.142 e. The minimum absolute atomic E-state index is 0.345. The van der Waals surface area contributed by atoms with E-state index in [1.807, 2.05) is 6.07 Å². The van der Waals surface area contributed by atoms with Gasteiger partial charge in [-0.1, -0.05) is 31.4 Å². The molecule has 36 heavy (non-hydrogen) atoms. The van der Waals surface area contributed by atoms with Crippen LogP contribution in [0.3, 0.4) is 0 Å². The Morgan fingerprint density at radius 1 is 1.00 bits per heavy atom. The van der Waals surface area contributed by atoms with Crippen LogP contribution in [-0.2, 0) is 12.8 Å². The van der Waals surface area contributed by atoms with Crippen LogP contribution in [-0.4, -0.2) is 23.8 Å². The molecule has 0 unspecified atom stereocenters. The lowest BCUT2D eigenvalue weighted by Crippen LogP contribution is -2.33. The van der Waals surface area contributed by atoms with Crippen LogP contribution in [0.2, 0.25) is 0 Å². The molecule has 0 radical (unpaired) electrons. The Labute approximate surface area is 215 Å². The summed E-state index contributed by atoms with van der Waals surface area (Å²) < 4.78 is 8.26. The molecule has 1 heterocycles. The molecule has 2 fully saturated rings. The molecule has 0 atom stereocenters. The summed E-state index contributed by atoms with van der Waals surface area (Å²) in [4.78, 5) is 0. The molecule has 0 saturated heterocycles. The summed E-state index contributed by atoms with van der Waals surface area (Å²) in [5.74, 6) is 0.926. The van der Waals surface area contributed by atoms with E-state index in [2.05, 4.69) is 52.5 Å². The number of fused-ring (bicyclic) bond motifs is 1. The van der Waals surface area contributed by atoms with Crippen LogP contribution in [0.25, 0.3) is 10.9 Å². The van der Waals surface area contributed by atoms with Gasteiger partial charge in [-0.2, -0.15) is 5.26 Å². The van der Waals surface area contributed by atoms with Gasteiger partial charge in [-0.3, -0.25) is 0 Å². The number of hydrogen-bond acceptors (Lipinski definition) is 4. The minimum Gasteiger partial charge on any atom is -0.495 e. The second-order valence-electron chi connectivity index (χ2n) is 10.8. The first-order valence-corrected chi connectivity index (χ1v) is 13.9. The number of para-hydroxylation sites is 1. The molecule has 0 bridgehead atoms. The van der Waals surface area contributed by atoms with Crippen LogP contribution >= 0.6 is 0 Å². The SMILES string of the molecule is COc1cccc(CCCc2cn(C3CCCCC3)c3ccc(C#N)cc23)c1NC1CCC(N)CC1. The zero-order valence-corrected chi connectivity index (χ0v) is 21.6. The third-order valence-electron chi connectivity index (χ3n) is 8.36. The van der Waals surface area contributed by atoms with Gasteiger partial charge in [0.15, 0.2) is 0 Å². The molecular formula is C31H40N4O. The number of ether oxygens (including phenoxy) is 1. The van der Waals surface area contributed by atoms with Gasteiger partial charge >= 0.3 is 0 Å². The van der Waals surface area contributed by atoms with Crippen LogP contribution in [0.4, 0.5) is 5.69 Å². The molecule has 2 aliphatic carbocycles. The number of aryl methyl sites for hydroxylation is 2. The number of nitrogens with two attached hydrogens (primary N) is 1. The van der Waals surface area contributed by atoms with Gasteiger partial charge in [0, 0.05) is 35.2 Å². The number of aromatic nitrogens is 1. The fraction of sp³-hybridized carbons (Fsp3) is 0.516. The van der Waals surface area contributed by atoms with E-state index in [0.29, 0.717) is 18.1 Å². The van der Waals surface area contributed by atoms with Crippen molar-refractivity contribution in [2.75, 3.05) is 12.4 Å². The lowest BCUT2D eigenvalue weighted by molar-refractivity contribution is 0.360. The standard InChI is InChI=1S/C31H40N4O/c1-36-30-12-6-8-23(31(30)34-26-16-14-25(33)15-17-26)7-5-9-24-21-35(27-10-3-2-4-11-27)29-18-13-22(20-32)19-28(24)29/h6,8,12-13,18-19,21,25-27,34H,2-5,7,9-11,14-17,33H2,1H3. The van der Waals surface area contributed by atoms with Gasteiger partial charge in [-0.25, -0.2) is 0 Å². The molecular weight excluding hydrogens is 444 g/mol. The third-order valence-corrected chi connectivity index (χ3v) is 8.36. The maximum absolute atomic E-state index is 9.51. The Balaban J connectivity index is 1.34. The molecule has 2 saturated carbocycles. The lowest BCUT2D eigenvalue weighted by atomic mass is 9.91. The molecule has 0 spiro atoms. The fourth-order valence-corrected chi connectivity index (χ4v) is 6.31. The Hall–Kier alpha value is -2.97. The summed E-state index contributed by atoms with van der Waals surface area (Å²) >= 11 is 0. The molecule has 3 aromatic rings. The highest BCUT2D eigenvalue weighted by atomic mass is 16.5. The van der Waals surface area contributed by atoms with E-state index in [0.717, 1.165) is 61.9 Å². The van der Waals surface area contributed by atoms with Crippen molar-refractivity contribution < 1.29 is 4.74 Å². The van der Waals surface area contributed by atoms with Crippen molar-refractivity contribution in [3.63, 3.8) is 0 Å². The van der Waals surface area contributed by atoms with E-state index < -0.39 is 0 Å². The predicted molar refractivity (Wildman–Crippen MR) is 148 cm³/mol. The Kier molecular flexibility index (Phi) is 7.82. The first kappa shape index (κ1) is 24.7. The molecule has 2 aliphatic rings. The number of anilines is 1. The molecule has 0 aliphatic heterocycles. The van der Waals surface area contributed by atoms with E-state index in [-0.39, 0.29) is 0 Å². The van der Waals surface area contributed by atoms with Gasteiger partial charge in [0.05, 0.1) is 24.4 Å². The summed E-state index contributed by atoms with van der Waals surface area (Å²) in [7, 11) is 1.76. The Morgan fingerprint density at radius 2 is 1.78 bits per heavy atom. The number of nitriles is 1. The molecule has 190 valence electrons. The number of nitrogens with zero attached hydrogens (tertiary/aromatic N) is 2. The number of methoxy groups -OCH3 is 1. The monoisotopic (exact) mass is 484 g/mol. The minimum atomic E-state index is 0.345. The Bertz CT molecular complexity index is 1210. The van der Waals surface area contributed by atoms with E-state index >= 15 is 0 Å². The number of nitrogens with one attached hydrogen (secondary N) is 1. The highest BCUT2D eigenvalue weighted by molar-refractivity contribution is 5.85. The first-order chi connectivity index (χ1) is 17.7. The zero-order chi connectivity index (χ0) is 24.9. The van der Waals surface area contributed by atoms with Crippen LogP contribution in [0.1, 0.15) is 86.9 Å². The molecule has 3 N–H and O–H groups in total. The predicted octanol–water partition coefficient (Wildman–Crippen LogP) is 6.88. The largest absolute Gasteiger partial charge is 0.495 e. The van der Waals surface area contributed by atoms with Crippen LogP contribution in [0.15, 0.2) is 42.6 Å². The number of benzene rings is 2. The molecule has 0 amide bonds. The van der Waals surface area contributed by atoms with Crippen molar-refractivity contribution in [1.82, 2.24) is 4.57 Å². The summed E-state index contributed by atoms with van der Waals surface area (Å²) in [5.41, 5.74) is 12.0. The van der Waals surface area contributed by atoms with E-state index in [4.69, 9.17) is 10.5 Å². The van der Waals surface area contributed by atoms with E-state index in [1.165, 1.54) is 54.1 Å². The third kappa shape index (κ3) is 5.39. The molecule has 1 aromatic heterocycles. The van der Waals surface area contributed by atoms with Crippen molar-refractivity contribution in [2.24, 2.45) is 5.73 Å². The van der Waals surface area contributed by atoms with Gasteiger partial charge in [-0.15, -0.1) is 0 Å². The Morgan fingerprint density at radius 3 is 2.53 bits per heavy atom. The lowest BCUT2D eigenvalue weighted by Gasteiger charge is -2.29. The van der Waals surface area contributed by atoms with Gasteiger partial charge in [0.25, 0.3) is 0 Å². The second-order valence-corrected chi connectivity index (χ2v) is 10.8. The number of rotatable bonds is 8. The van der Waals surface area contributed by atoms with Crippen molar-refractivity contribution in [3.8, 4) is 11.8 Å². The summed E-state index contributed by atoms with van der Waals surface area (Å²) in [6, 6.07) is 16.3. The highest BCUT2D eigenvalue weighted by Gasteiger charge is 2.22. The van der Waals surface area contributed by atoms with Crippen molar-refractivity contribution in [2.45, 2.75) is 95.2 Å². The smallest absolute Gasteiger partial charge is 0.142 e. The maximum atomic E-state index is 9.51. The molecule has 5 heteroatoms. The van der Waals surface area contributed by atoms with Crippen LogP contribution in [0, 0.1) is 11.3 Å². The van der Waals surface area contributed by atoms with Crippen molar-refractivity contribution >= 4 is 16.6 Å². The normalized spacial score (nSPS) is 20.8. The summed E-state index contributed by atoms with van der Waals surface area (Å²) in [6.45, 7) is 0. The molecule has 2 aromatic carbocycles. The van der Waals surface area contributed by atoms with Gasteiger partial charge < -0.3 is 20.4 Å². The zero-order valence-electron chi connectivity index (χ0n) is 21.6. The number of hydrogen-bond donors (Lipinski definition) is 2. The van der Waals surface area contributed by atoms with Crippen molar-refractivity contribution in [3.05, 3.63) is 59.3 Å². The fourth-order valence-electron chi connectivity index (χ4n) is 6.31. The van der Waals surface area contributed by atoms with Crippen LogP contribution in [0.5, 0.6) is 5.75 Å². The summed E-state index contributed by atoms with van der Waals surface area (Å²) in [6.07, 6.45) is 16.3. The first-order valence-electron chi connectivity index (χ1n) is 13.9. The molecule has 5 rings (SSSR count). The average Bonchev–Trinajstić information content (AvgIpc) is 3.29. The summed E-state index contributed by atoms with van der Waals surface area (Å²) in [5, 5.41) is 14.6. The van der Waals surface area contributed by atoms with Gasteiger partial charge in [0.1, 0.15) is 5.75 Å². The average molecular weight is 485 g/mol. The van der Waals surface area contributed by atoms with E-state index in [1.54, 1.807) is 7.11 Å². The topological polar surface area (TPSA) is 76.0 Å². The van der Waals surface area contributed by atoms with Gasteiger partial charge in [0.2, 0.25) is 0 Å². The van der Waals surface area contributed by atoms with E-state index in [9.17, 15) is 5.26 Å². The van der Waals surface area contributed by atoms with Gasteiger partial charge in [-0.05, 0) is 93.2 Å². The van der Waals surface area contributed by atoms with Crippen LogP contribution < -0.4 is 15.8 Å². The second kappa shape index (κ2) is 11.4.